The van der Waals surface area contributed by atoms with Crippen molar-refractivity contribution in [2.24, 2.45) is 11.5 Å². The summed E-state index contributed by atoms with van der Waals surface area (Å²) in [5.41, 5.74) is 10.4. The van der Waals surface area contributed by atoms with Crippen LogP contribution >= 0.6 is 0 Å². The molecule has 0 aliphatic heterocycles. The quantitative estimate of drug-likeness (QED) is 0.145. The zero-order valence-electron chi connectivity index (χ0n) is 14.7. The second-order valence-corrected chi connectivity index (χ2v) is 5.63. The Morgan fingerprint density at radius 1 is 0.929 bits per heavy atom. The molecule has 0 aromatic carbocycles. The largest absolute Gasteiger partial charge is 0.481 e. The van der Waals surface area contributed by atoms with Gasteiger partial charge in [0.15, 0.2) is 0 Å². The van der Waals surface area contributed by atoms with Gasteiger partial charge in [0.2, 0.25) is 23.6 Å². The van der Waals surface area contributed by atoms with E-state index in [4.69, 9.17) is 26.8 Å². The van der Waals surface area contributed by atoms with E-state index in [1.807, 2.05) is 10.6 Å². The van der Waals surface area contributed by atoms with Crippen molar-refractivity contribution < 1.29 is 44.1 Å². The van der Waals surface area contributed by atoms with Gasteiger partial charge in [0.25, 0.3) is 0 Å². The van der Waals surface area contributed by atoms with Gasteiger partial charge in [-0.2, -0.15) is 0 Å². The van der Waals surface area contributed by atoms with Gasteiger partial charge in [-0.25, -0.2) is 4.79 Å². The van der Waals surface area contributed by atoms with Crippen LogP contribution in [0.3, 0.4) is 0 Å². The van der Waals surface area contributed by atoms with Gasteiger partial charge in [0.05, 0.1) is 25.6 Å². The van der Waals surface area contributed by atoms with Crippen molar-refractivity contribution >= 4 is 35.6 Å². The first kappa shape index (κ1) is 24.7. The van der Waals surface area contributed by atoms with E-state index >= 15 is 0 Å². The Kier molecular flexibility index (Phi) is 10.8. The number of nitrogens with two attached hydrogens (primary N) is 2. The van der Waals surface area contributed by atoms with Crippen LogP contribution in [0.1, 0.15) is 19.3 Å². The maximum absolute atomic E-state index is 12.0. The highest BCUT2D eigenvalue weighted by molar-refractivity contribution is 5.94. The number of carboxylic acid groups (broad SMARTS) is 2. The molecule has 28 heavy (non-hydrogen) atoms. The molecule has 10 N–H and O–H groups in total. The normalized spacial score (nSPS) is 13.5. The van der Waals surface area contributed by atoms with Crippen molar-refractivity contribution in [2.75, 3.05) is 13.2 Å². The van der Waals surface area contributed by atoms with Gasteiger partial charge in [-0.1, -0.05) is 0 Å². The SMILES string of the molecule is NC(=O)CCC(N)C(=O)NCC(=O)NC(CC(=O)O)C(=O)NC(CO)C(=O)O. The molecule has 0 saturated heterocycles. The number of carbonyl (C=O) groups is 6. The van der Waals surface area contributed by atoms with Crippen LogP contribution in [0.15, 0.2) is 0 Å². The number of aliphatic hydroxyl groups excluding tert-OH is 1. The van der Waals surface area contributed by atoms with Crippen LogP contribution in [-0.4, -0.2) is 82.2 Å². The van der Waals surface area contributed by atoms with E-state index in [1.165, 1.54) is 0 Å². The zero-order valence-corrected chi connectivity index (χ0v) is 14.7. The second-order valence-electron chi connectivity index (χ2n) is 5.63. The summed E-state index contributed by atoms with van der Waals surface area (Å²) in [4.78, 5) is 67.8. The van der Waals surface area contributed by atoms with Crippen molar-refractivity contribution in [2.45, 2.75) is 37.4 Å². The fourth-order valence-corrected chi connectivity index (χ4v) is 1.81. The lowest BCUT2D eigenvalue weighted by Gasteiger charge is -2.19. The Morgan fingerprint density at radius 2 is 1.54 bits per heavy atom. The summed E-state index contributed by atoms with van der Waals surface area (Å²) in [5.74, 6) is -6.57. The molecule has 0 aromatic rings. The van der Waals surface area contributed by atoms with Crippen LogP contribution in [-0.2, 0) is 28.8 Å². The lowest BCUT2D eigenvalue weighted by molar-refractivity contribution is -0.144. The van der Waals surface area contributed by atoms with Gasteiger partial charge in [-0.15, -0.1) is 0 Å². The number of aliphatic hydroxyl groups is 1. The van der Waals surface area contributed by atoms with Gasteiger partial charge in [0, 0.05) is 6.42 Å². The Hall–Kier alpha value is -3.26. The maximum atomic E-state index is 12.0. The number of amides is 4. The van der Waals surface area contributed by atoms with E-state index in [1.54, 1.807) is 0 Å². The van der Waals surface area contributed by atoms with E-state index in [9.17, 15) is 28.8 Å². The first-order valence-corrected chi connectivity index (χ1v) is 7.94. The third kappa shape index (κ3) is 10.0. The molecule has 14 heteroatoms. The third-order valence-corrected chi connectivity index (χ3v) is 3.29. The molecule has 0 saturated carbocycles. The standard InChI is InChI=1S/C14H23N5O9/c15-6(1-2-9(16)21)12(25)17-4-10(22)18-7(3-11(23)24)13(26)19-8(5-20)14(27)28/h6-8,20H,1-5,15H2,(H2,16,21)(H,17,25)(H,18,22)(H,19,26)(H,23,24)(H,27,28). The number of carboxylic acids is 2. The van der Waals surface area contributed by atoms with E-state index in [2.05, 4.69) is 5.32 Å². The van der Waals surface area contributed by atoms with Crippen LogP contribution < -0.4 is 27.4 Å². The number of primary amides is 1. The molecular weight excluding hydrogens is 382 g/mol. The number of hydrogen-bond donors (Lipinski definition) is 8. The molecule has 3 atom stereocenters. The maximum Gasteiger partial charge on any atom is 0.328 e. The fourth-order valence-electron chi connectivity index (χ4n) is 1.81. The number of nitrogens with one attached hydrogen (secondary N) is 3. The van der Waals surface area contributed by atoms with Crippen LogP contribution in [0, 0.1) is 0 Å². The summed E-state index contributed by atoms with van der Waals surface area (Å²) in [6.45, 7) is -1.61. The molecule has 0 fully saturated rings. The molecule has 14 nitrogen and oxygen atoms in total. The summed E-state index contributed by atoms with van der Waals surface area (Å²) >= 11 is 0. The minimum Gasteiger partial charge on any atom is -0.481 e. The zero-order chi connectivity index (χ0) is 21.9. The molecule has 0 bridgehead atoms. The summed E-state index contributed by atoms with van der Waals surface area (Å²) < 4.78 is 0. The molecule has 0 aliphatic rings. The van der Waals surface area contributed by atoms with E-state index < -0.39 is 73.3 Å². The Balaban J connectivity index is 4.74. The van der Waals surface area contributed by atoms with Crippen molar-refractivity contribution in [3.05, 3.63) is 0 Å². The Labute approximate surface area is 158 Å². The van der Waals surface area contributed by atoms with Gasteiger partial charge in [-0.05, 0) is 6.42 Å². The molecule has 0 rings (SSSR count). The number of aliphatic carboxylic acids is 2. The molecular formula is C14H23N5O9. The molecule has 0 aliphatic carbocycles. The average molecular weight is 405 g/mol. The predicted octanol–water partition coefficient (Wildman–Crippen LogP) is -4.78. The summed E-state index contributed by atoms with van der Waals surface area (Å²) in [6, 6.07) is -4.46. The van der Waals surface area contributed by atoms with Crippen molar-refractivity contribution in [1.29, 1.82) is 0 Å². The van der Waals surface area contributed by atoms with Gasteiger partial charge >= 0.3 is 11.9 Å². The molecule has 0 aromatic heterocycles. The smallest absolute Gasteiger partial charge is 0.328 e. The second kappa shape index (κ2) is 12.2. The monoisotopic (exact) mass is 405 g/mol. The van der Waals surface area contributed by atoms with Crippen LogP contribution in [0.2, 0.25) is 0 Å². The highest BCUT2D eigenvalue weighted by atomic mass is 16.4. The van der Waals surface area contributed by atoms with E-state index in [-0.39, 0.29) is 12.8 Å². The van der Waals surface area contributed by atoms with Crippen LogP contribution in [0.4, 0.5) is 0 Å². The summed E-state index contributed by atoms with van der Waals surface area (Å²) in [7, 11) is 0. The van der Waals surface area contributed by atoms with Crippen molar-refractivity contribution in [1.82, 2.24) is 16.0 Å². The summed E-state index contributed by atoms with van der Waals surface area (Å²) in [6.07, 6.45) is -1.07. The number of rotatable bonds is 13. The minimum atomic E-state index is -1.69. The van der Waals surface area contributed by atoms with Crippen molar-refractivity contribution in [3.8, 4) is 0 Å². The van der Waals surface area contributed by atoms with E-state index in [0.29, 0.717) is 0 Å². The van der Waals surface area contributed by atoms with Crippen molar-refractivity contribution in [3.63, 3.8) is 0 Å². The Morgan fingerprint density at radius 3 is 2.00 bits per heavy atom. The average Bonchev–Trinajstić information content (AvgIpc) is 2.60. The van der Waals surface area contributed by atoms with Crippen LogP contribution in [0.25, 0.3) is 0 Å². The minimum absolute atomic E-state index is 0.0510. The third-order valence-electron chi connectivity index (χ3n) is 3.29. The highest BCUT2D eigenvalue weighted by Gasteiger charge is 2.28. The highest BCUT2D eigenvalue weighted by Crippen LogP contribution is 1.96. The first-order valence-electron chi connectivity index (χ1n) is 7.94. The molecule has 158 valence electrons. The molecule has 0 spiro atoms. The topological polar surface area (TPSA) is 251 Å². The Bertz CT molecular complexity index is 624. The summed E-state index contributed by atoms with van der Waals surface area (Å²) in [5, 5.41) is 32.5. The molecule has 4 amide bonds. The van der Waals surface area contributed by atoms with Gasteiger partial charge in [-0.3, -0.25) is 24.0 Å². The lowest BCUT2D eigenvalue weighted by atomic mass is 10.1. The van der Waals surface area contributed by atoms with Gasteiger partial charge in [0.1, 0.15) is 12.1 Å². The van der Waals surface area contributed by atoms with E-state index in [0.717, 1.165) is 0 Å². The molecule has 0 radical (unpaired) electrons. The lowest BCUT2D eigenvalue weighted by Crippen LogP contribution is -2.55. The van der Waals surface area contributed by atoms with Gasteiger partial charge < -0.3 is 42.7 Å². The number of carbonyl (C=O) groups excluding carboxylic acids is 4. The first-order chi connectivity index (χ1) is 13.0. The van der Waals surface area contributed by atoms with Crippen LogP contribution in [0.5, 0.6) is 0 Å². The molecule has 3 unspecified atom stereocenters. The predicted molar refractivity (Wildman–Crippen MR) is 90.2 cm³/mol. The fraction of sp³-hybridized carbons (Fsp3) is 0.571. The number of hydrogen-bond acceptors (Lipinski definition) is 8. The molecule has 0 heterocycles.